The number of halogens is 1. The Hall–Kier alpha value is -3.78. The zero-order chi connectivity index (χ0) is 26.4. The van der Waals surface area contributed by atoms with Gasteiger partial charge in [-0.15, -0.1) is 0 Å². The lowest BCUT2D eigenvalue weighted by atomic mass is 9.86. The fraction of sp³-hybridized carbons (Fsp3) is 0.345. The SMILES string of the molecule is CC(C)(C)c1ccccc1NC(=O)N1CCCC(C(=CCc2ccc(F)cc2)N(N)c2ncccn2)C1. The largest absolute Gasteiger partial charge is 0.324 e. The third kappa shape index (κ3) is 6.71. The van der Waals surface area contributed by atoms with E-state index in [-0.39, 0.29) is 23.2 Å². The first-order valence-corrected chi connectivity index (χ1v) is 12.6. The lowest BCUT2D eigenvalue weighted by Crippen LogP contribution is -2.46. The van der Waals surface area contributed by atoms with E-state index in [2.05, 4.69) is 42.1 Å². The molecule has 0 saturated carbocycles. The number of hydrazine groups is 1. The highest BCUT2D eigenvalue weighted by molar-refractivity contribution is 5.90. The summed E-state index contributed by atoms with van der Waals surface area (Å²) in [4.78, 5) is 23.8. The highest BCUT2D eigenvalue weighted by Gasteiger charge is 2.30. The number of para-hydroxylation sites is 1. The molecule has 8 heteroatoms. The van der Waals surface area contributed by atoms with Crippen molar-refractivity contribution in [2.24, 2.45) is 11.8 Å². The number of nitrogens with one attached hydrogen (secondary N) is 1. The number of amides is 2. The number of urea groups is 1. The summed E-state index contributed by atoms with van der Waals surface area (Å²) in [7, 11) is 0. The lowest BCUT2D eigenvalue weighted by molar-refractivity contribution is 0.185. The number of piperidine rings is 1. The maximum absolute atomic E-state index is 13.4. The average Bonchev–Trinajstić information content (AvgIpc) is 2.90. The van der Waals surface area contributed by atoms with Crippen molar-refractivity contribution in [3.63, 3.8) is 0 Å². The van der Waals surface area contributed by atoms with Gasteiger partial charge in [0.2, 0.25) is 5.95 Å². The molecule has 1 unspecified atom stereocenters. The van der Waals surface area contributed by atoms with Crippen LogP contribution in [0.25, 0.3) is 0 Å². The van der Waals surface area contributed by atoms with E-state index in [1.807, 2.05) is 29.2 Å². The third-order valence-electron chi connectivity index (χ3n) is 6.61. The van der Waals surface area contributed by atoms with Crippen LogP contribution in [0.5, 0.6) is 0 Å². The lowest BCUT2D eigenvalue weighted by Gasteiger charge is -2.36. The smallest absolute Gasteiger partial charge is 0.321 e. The number of nitrogens with zero attached hydrogens (tertiary/aromatic N) is 4. The van der Waals surface area contributed by atoms with Crippen LogP contribution in [-0.2, 0) is 11.8 Å². The van der Waals surface area contributed by atoms with Crippen molar-refractivity contribution in [2.75, 3.05) is 23.4 Å². The van der Waals surface area contributed by atoms with Gasteiger partial charge < -0.3 is 10.2 Å². The van der Waals surface area contributed by atoms with Crippen LogP contribution < -0.4 is 16.2 Å². The summed E-state index contributed by atoms with van der Waals surface area (Å²) in [5.41, 5.74) is 3.62. The fourth-order valence-corrected chi connectivity index (χ4v) is 4.68. The topological polar surface area (TPSA) is 87.4 Å². The quantitative estimate of drug-likeness (QED) is 0.335. The number of allylic oxidation sites excluding steroid dienone is 1. The van der Waals surface area contributed by atoms with Gasteiger partial charge in [0.05, 0.1) is 0 Å². The maximum atomic E-state index is 13.4. The molecule has 0 radical (unpaired) electrons. The second-order valence-corrected chi connectivity index (χ2v) is 10.4. The Bertz CT molecular complexity index is 1220. The standard InChI is InChI=1S/C29H35FN6O/c1-29(2,3)24-9-4-5-10-25(24)34-28(37)35-19-6-8-22(20-35)26(36(31)27-32-17-7-18-33-27)16-13-21-11-14-23(30)15-12-21/h4-5,7,9-12,14-18,22H,6,8,13,19-20,31H2,1-3H3,(H,34,37). The van der Waals surface area contributed by atoms with Gasteiger partial charge in [-0.3, -0.25) is 5.01 Å². The van der Waals surface area contributed by atoms with Crippen LogP contribution in [-0.4, -0.2) is 34.0 Å². The van der Waals surface area contributed by atoms with Crippen LogP contribution >= 0.6 is 0 Å². The number of anilines is 2. The molecule has 0 aliphatic carbocycles. The zero-order valence-electron chi connectivity index (χ0n) is 21.7. The Balaban J connectivity index is 1.55. The number of carbonyl (C=O) groups is 1. The van der Waals surface area contributed by atoms with Crippen molar-refractivity contribution in [3.05, 3.63) is 95.7 Å². The van der Waals surface area contributed by atoms with Crippen molar-refractivity contribution >= 4 is 17.7 Å². The first-order chi connectivity index (χ1) is 17.7. The van der Waals surface area contributed by atoms with Gasteiger partial charge in [-0.05, 0) is 60.1 Å². The molecule has 1 aliphatic rings. The van der Waals surface area contributed by atoms with E-state index in [1.165, 1.54) is 17.1 Å². The molecule has 3 aromatic rings. The molecule has 37 heavy (non-hydrogen) atoms. The highest BCUT2D eigenvalue weighted by atomic mass is 19.1. The number of carbonyl (C=O) groups excluding carboxylic acids is 1. The van der Waals surface area contributed by atoms with Crippen molar-refractivity contribution in [1.82, 2.24) is 14.9 Å². The Morgan fingerprint density at radius 2 is 1.84 bits per heavy atom. The van der Waals surface area contributed by atoms with Gasteiger partial charge >= 0.3 is 6.03 Å². The number of hydrogen-bond acceptors (Lipinski definition) is 5. The van der Waals surface area contributed by atoms with Crippen LogP contribution in [0, 0.1) is 11.7 Å². The Labute approximate surface area is 218 Å². The maximum Gasteiger partial charge on any atom is 0.321 e. The first kappa shape index (κ1) is 26.3. The molecule has 7 nitrogen and oxygen atoms in total. The molecule has 3 N–H and O–H groups in total. The minimum Gasteiger partial charge on any atom is -0.324 e. The number of nitrogens with two attached hydrogens (primary N) is 1. The molecule has 2 aromatic carbocycles. The highest BCUT2D eigenvalue weighted by Crippen LogP contribution is 2.31. The second kappa shape index (κ2) is 11.5. The Morgan fingerprint density at radius 3 is 2.54 bits per heavy atom. The summed E-state index contributed by atoms with van der Waals surface area (Å²) in [5, 5.41) is 4.64. The molecule has 0 bridgehead atoms. The summed E-state index contributed by atoms with van der Waals surface area (Å²) >= 11 is 0. The molecular weight excluding hydrogens is 467 g/mol. The molecule has 1 atom stereocenters. The molecule has 1 saturated heterocycles. The van der Waals surface area contributed by atoms with E-state index in [0.717, 1.165) is 35.4 Å². The van der Waals surface area contributed by atoms with Gasteiger partial charge in [0.25, 0.3) is 0 Å². The molecular formula is C29H35FN6O. The van der Waals surface area contributed by atoms with Crippen LogP contribution in [0.15, 0.2) is 78.8 Å². The van der Waals surface area contributed by atoms with Crippen molar-refractivity contribution in [2.45, 2.75) is 45.4 Å². The summed E-state index contributed by atoms with van der Waals surface area (Å²) < 4.78 is 13.4. The molecule has 2 heterocycles. The molecule has 1 aromatic heterocycles. The predicted molar refractivity (Wildman–Crippen MR) is 145 cm³/mol. The zero-order valence-corrected chi connectivity index (χ0v) is 21.7. The molecule has 4 rings (SSSR count). The molecule has 2 amide bonds. The fourth-order valence-electron chi connectivity index (χ4n) is 4.68. The minimum atomic E-state index is -0.270. The normalized spacial score (nSPS) is 16.4. The number of benzene rings is 2. The van der Waals surface area contributed by atoms with E-state index in [4.69, 9.17) is 5.84 Å². The predicted octanol–water partition coefficient (Wildman–Crippen LogP) is 5.66. The molecule has 0 spiro atoms. The average molecular weight is 503 g/mol. The third-order valence-corrected chi connectivity index (χ3v) is 6.61. The summed E-state index contributed by atoms with van der Waals surface area (Å²) in [6.45, 7) is 7.58. The molecule has 1 aliphatic heterocycles. The van der Waals surface area contributed by atoms with Gasteiger partial charge in [-0.25, -0.2) is 25.0 Å². The minimum absolute atomic E-state index is 0.00776. The molecule has 1 fully saturated rings. The summed E-state index contributed by atoms with van der Waals surface area (Å²) in [6.07, 6.45) is 7.61. The van der Waals surface area contributed by atoms with E-state index in [9.17, 15) is 9.18 Å². The van der Waals surface area contributed by atoms with Crippen molar-refractivity contribution in [1.29, 1.82) is 0 Å². The first-order valence-electron chi connectivity index (χ1n) is 12.6. The Morgan fingerprint density at radius 1 is 1.14 bits per heavy atom. The van der Waals surface area contributed by atoms with Gasteiger partial charge in [0.15, 0.2) is 0 Å². The van der Waals surface area contributed by atoms with Gasteiger partial charge in [0.1, 0.15) is 5.82 Å². The van der Waals surface area contributed by atoms with Crippen LogP contribution in [0.4, 0.5) is 20.8 Å². The summed E-state index contributed by atoms with van der Waals surface area (Å²) in [5.74, 6) is 6.64. The van der Waals surface area contributed by atoms with Crippen LogP contribution in [0.2, 0.25) is 0 Å². The van der Waals surface area contributed by atoms with Crippen molar-refractivity contribution < 1.29 is 9.18 Å². The van der Waals surface area contributed by atoms with Gasteiger partial charge in [-0.1, -0.05) is 57.2 Å². The second-order valence-electron chi connectivity index (χ2n) is 10.4. The number of likely N-dealkylation sites (tertiary alicyclic amines) is 1. The van der Waals surface area contributed by atoms with Gasteiger partial charge in [-0.2, -0.15) is 0 Å². The number of rotatable bonds is 6. The Kier molecular flexibility index (Phi) is 8.18. The number of hydrogen-bond donors (Lipinski definition) is 2. The van der Waals surface area contributed by atoms with Crippen LogP contribution in [0.1, 0.15) is 44.7 Å². The van der Waals surface area contributed by atoms with E-state index in [0.29, 0.717) is 25.5 Å². The summed E-state index contributed by atoms with van der Waals surface area (Å²) in [6, 6.07) is 16.0. The number of aromatic nitrogens is 2. The van der Waals surface area contributed by atoms with Gasteiger partial charge in [0, 0.05) is 42.8 Å². The van der Waals surface area contributed by atoms with E-state index >= 15 is 0 Å². The van der Waals surface area contributed by atoms with E-state index in [1.54, 1.807) is 30.6 Å². The van der Waals surface area contributed by atoms with Crippen molar-refractivity contribution in [3.8, 4) is 0 Å². The molecule has 194 valence electrons. The monoisotopic (exact) mass is 502 g/mol. The van der Waals surface area contributed by atoms with Crippen LogP contribution in [0.3, 0.4) is 0 Å². The van der Waals surface area contributed by atoms with E-state index < -0.39 is 0 Å².